The molecule has 0 radical (unpaired) electrons. The van der Waals surface area contributed by atoms with Crippen molar-refractivity contribution in [3.8, 4) is 61.6 Å². The molecule has 0 aliphatic carbocycles. The predicted molar refractivity (Wildman–Crippen MR) is 346 cm³/mol. The van der Waals surface area contributed by atoms with E-state index in [-0.39, 0.29) is 0 Å². The van der Waals surface area contributed by atoms with Crippen molar-refractivity contribution in [2.24, 2.45) is 0 Å². The van der Waals surface area contributed by atoms with Crippen LogP contribution in [0.25, 0.3) is 171 Å². The van der Waals surface area contributed by atoms with E-state index in [1.807, 2.05) is 12.1 Å². The Morgan fingerprint density at radius 3 is 1.10 bits per heavy atom. The molecule has 0 spiro atoms. The van der Waals surface area contributed by atoms with Gasteiger partial charge in [-0.2, -0.15) is 0 Å². The Bertz CT molecular complexity index is 5610. The highest BCUT2D eigenvalue weighted by molar-refractivity contribution is 6.21. The van der Waals surface area contributed by atoms with Gasteiger partial charge in [-0.3, -0.25) is 0 Å². The molecule has 0 unspecified atom stereocenters. The summed E-state index contributed by atoms with van der Waals surface area (Å²) in [5, 5.41) is 11.4. The Morgan fingerprint density at radius 1 is 0.181 bits per heavy atom. The number of hydrogen-bond acceptors (Lipinski definition) is 2. The molecule has 0 N–H and O–H groups in total. The van der Waals surface area contributed by atoms with Crippen molar-refractivity contribution in [1.82, 2.24) is 13.7 Å². The molecule has 0 bridgehead atoms. The van der Waals surface area contributed by atoms with Gasteiger partial charge in [-0.15, -0.1) is 0 Å². The average Bonchev–Trinajstić information content (AvgIpc) is 3.13. The summed E-state index contributed by atoms with van der Waals surface area (Å²) in [6.45, 7) is 0. The summed E-state index contributed by atoms with van der Waals surface area (Å²) in [6, 6.07) is 104. The molecule has 13 aromatic carbocycles. The SMILES string of the molecule is c1ccc(-c2cc(-c3ccccc3)cc(-n3c4ccc(-c5ccc6c(c5)c5cc(-c7ccc8oc9c(ccc%10c%11ccccc%11oc%109)c8c7)ccc5n6-c5ccccc5)cc4c4cc5c(cc43)c3ccccc3n5-c3ccccc3)c2)cc1. The van der Waals surface area contributed by atoms with Crippen molar-refractivity contribution >= 4 is 109 Å². The molecule has 0 saturated heterocycles. The lowest BCUT2D eigenvalue weighted by Crippen LogP contribution is -1.96. The fraction of sp³-hybridized carbons (Fsp3) is 0. The zero-order valence-corrected chi connectivity index (χ0v) is 44.8. The molecule has 5 heterocycles. The minimum absolute atomic E-state index is 0.778. The van der Waals surface area contributed by atoms with Crippen LogP contribution in [-0.4, -0.2) is 13.7 Å². The predicted octanol–water partition coefficient (Wildman–Crippen LogP) is 21.4. The van der Waals surface area contributed by atoms with E-state index < -0.39 is 0 Å². The minimum atomic E-state index is 0.778. The van der Waals surface area contributed by atoms with Crippen LogP contribution < -0.4 is 0 Å². The third kappa shape index (κ3) is 6.95. The maximum atomic E-state index is 6.59. The molecular formula is C78H47N3O2. The first-order valence-electron chi connectivity index (χ1n) is 28.4. The summed E-state index contributed by atoms with van der Waals surface area (Å²) < 4.78 is 20.4. The molecule has 0 fully saturated rings. The van der Waals surface area contributed by atoms with Gasteiger partial charge in [-0.1, -0.05) is 158 Å². The van der Waals surface area contributed by atoms with E-state index in [9.17, 15) is 0 Å². The molecule has 5 heteroatoms. The van der Waals surface area contributed by atoms with Crippen LogP contribution in [0.1, 0.15) is 0 Å². The first-order chi connectivity index (χ1) is 41.1. The number of benzene rings is 13. The zero-order valence-electron chi connectivity index (χ0n) is 44.8. The van der Waals surface area contributed by atoms with Gasteiger partial charge in [0.1, 0.15) is 11.2 Å². The van der Waals surface area contributed by atoms with E-state index in [1.165, 1.54) is 65.6 Å². The van der Waals surface area contributed by atoms with E-state index in [2.05, 4.69) is 287 Å². The maximum Gasteiger partial charge on any atom is 0.178 e. The molecule has 18 aromatic rings. The summed E-state index contributed by atoms with van der Waals surface area (Å²) in [5.74, 6) is 0. The van der Waals surface area contributed by atoms with Gasteiger partial charge in [0.25, 0.3) is 0 Å². The average molecular weight is 1060 g/mol. The molecular weight excluding hydrogens is 1010 g/mol. The highest BCUT2D eigenvalue weighted by Crippen LogP contribution is 2.45. The summed E-state index contributed by atoms with van der Waals surface area (Å²) in [6.07, 6.45) is 0. The van der Waals surface area contributed by atoms with E-state index in [0.29, 0.717) is 0 Å². The molecule has 386 valence electrons. The van der Waals surface area contributed by atoms with Crippen LogP contribution in [0.3, 0.4) is 0 Å². The second-order valence-electron chi connectivity index (χ2n) is 22.0. The quantitative estimate of drug-likeness (QED) is 0.160. The molecule has 0 atom stereocenters. The number of aromatic nitrogens is 3. The standard InChI is InChI=1S/C78H47N3O2/c1-5-17-48(18-6-1)54-39-55(49-19-7-2-8-20-49)41-58(40-54)81-72-37-31-51(44-65(72)67-47-73-66(46-74(67)81)59-25-13-15-27-69(59)80(73)57-23-11-4-12-24-57)50-29-35-70-63(42-50)64-43-52(30-36-71(64)79(70)56-21-9-3-10-22-56)53-32-38-76-68(45-53)62-34-33-61-60-26-14-16-28-75(60)82-77(61)78(62)83-76/h1-47H. The van der Waals surface area contributed by atoms with E-state index in [4.69, 9.17) is 8.83 Å². The number of nitrogens with zero attached hydrogens (tertiary/aromatic N) is 3. The second-order valence-corrected chi connectivity index (χ2v) is 22.0. The van der Waals surface area contributed by atoms with Gasteiger partial charge in [0.2, 0.25) is 0 Å². The van der Waals surface area contributed by atoms with E-state index in [1.54, 1.807) is 0 Å². The van der Waals surface area contributed by atoms with Crippen molar-refractivity contribution in [2.75, 3.05) is 0 Å². The zero-order chi connectivity index (χ0) is 54.3. The summed E-state index contributed by atoms with van der Waals surface area (Å²) >= 11 is 0. The lowest BCUT2D eigenvalue weighted by Gasteiger charge is -2.14. The van der Waals surface area contributed by atoms with Gasteiger partial charge in [0.15, 0.2) is 11.2 Å². The molecule has 5 nitrogen and oxygen atoms in total. The number of fused-ring (bicyclic) bond motifs is 16. The third-order valence-electron chi connectivity index (χ3n) is 17.4. The molecule has 18 rings (SSSR count). The molecule has 0 aliphatic heterocycles. The van der Waals surface area contributed by atoms with Crippen LogP contribution in [0.2, 0.25) is 0 Å². The molecule has 0 saturated carbocycles. The van der Waals surface area contributed by atoms with Crippen molar-refractivity contribution in [2.45, 2.75) is 0 Å². The first-order valence-corrected chi connectivity index (χ1v) is 28.4. The van der Waals surface area contributed by atoms with E-state index >= 15 is 0 Å². The van der Waals surface area contributed by atoms with E-state index in [0.717, 1.165) is 105 Å². The molecule has 5 aromatic heterocycles. The number of para-hydroxylation sites is 4. The van der Waals surface area contributed by atoms with Crippen molar-refractivity contribution in [3.63, 3.8) is 0 Å². The van der Waals surface area contributed by atoms with Crippen LogP contribution >= 0.6 is 0 Å². The van der Waals surface area contributed by atoms with Crippen LogP contribution in [0, 0.1) is 0 Å². The molecule has 0 aliphatic rings. The van der Waals surface area contributed by atoms with Crippen molar-refractivity contribution in [1.29, 1.82) is 0 Å². The number of hydrogen-bond donors (Lipinski definition) is 0. The van der Waals surface area contributed by atoms with Gasteiger partial charge in [-0.25, -0.2) is 0 Å². The maximum absolute atomic E-state index is 6.59. The largest absolute Gasteiger partial charge is 0.452 e. The lowest BCUT2D eigenvalue weighted by atomic mass is 9.98. The number of rotatable bonds is 7. The van der Waals surface area contributed by atoms with Gasteiger partial charge in [0, 0.05) is 70.9 Å². The van der Waals surface area contributed by atoms with Gasteiger partial charge >= 0.3 is 0 Å². The first kappa shape index (κ1) is 45.7. The van der Waals surface area contributed by atoms with Gasteiger partial charge < -0.3 is 22.5 Å². The highest BCUT2D eigenvalue weighted by Gasteiger charge is 2.23. The fourth-order valence-electron chi connectivity index (χ4n) is 13.6. The lowest BCUT2D eigenvalue weighted by molar-refractivity contribution is 0.633. The second kappa shape index (κ2) is 17.7. The highest BCUT2D eigenvalue weighted by atomic mass is 16.4. The normalized spacial score (nSPS) is 12.1. The monoisotopic (exact) mass is 1060 g/mol. The Labute approximate surface area is 475 Å². The Balaban J connectivity index is 0.853. The van der Waals surface area contributed by atoms with Gasteiger partial charge in [0.05, 0.1) is 33.1 Å². The summed E-state index contributed by atoms with van der Waals surface area (Å²) in [4.78, 5) is 0. The summed E-state index contributed by atoms with van der Waals surface area (Å²) in [7, 11) is 0. The molecule has 0 amide bonds. The van der Waals surface area contributed by atoms with Gasteiger partial charge in [-0.05, 0) is 172 Å². The Kier molecular flexibility index (Phi) is 9.73. The van der Waals surface area contributed by atoms with Crippen molar-refractivity contribution < 1.29 is 8.83 Å². The fourth-order valence-corrected chi connectivity index (χ4v) is 13.6. The smallest absolute Gasteiger partial charge is 0.178 e. The number of furan rings is 2. The summed E-state index contributed by atoms with van der Waals surface area (Å²) in [5.41, 5.74) is 22.8. The minimum Gasteiger partial charge on any atom is -0.452 e. The van der Waals surface area contributed by atoms with Crippen LogP contribution in [-0.2, 0) is 0 Å². The molecule has 83 heavy (non-hydrogen) atoms. The van der Waals surface area contributed by atoms with Crippen LogP contribution in [0.4, 0.5) is 0 Å². The van der Waals surface area contributed by atoms with Crippen LogP contribution in [0.15, 0.2) is 294 Å². The Hall–Kier alpha value is -11.1. The Morgan fingerprint density at radius 2 is 0.554 bits per heavy atom. The van der Waals surface area contributed by atoms with Crippen LogP contribution in [0.5, 0.6) is 0 Å². The van der Waals surface area contributed by atoms with Crippen molar-refractivity contribution in [3.05, 3.63) is 285 Å². The topological polar surface area (TPSA) is 41.1 Å². The third-order valence-corrected chi connectivity index (χ3v) is 17.4.